The third-order valence-electron chi connectivity index (χ3n) is 6.11. The Morgan fingerprint density at radius 1 is 1.16 bits per heavy atom. The molecule has 3 amide bonds. The zero-order valence-corrected chi connectivity index (χ0v) is 22.7. The van der Waals surface area contributed by atoms with Gasteiger partial charge in [-0.25, -0.2) is 19.7 Å². The first-order chi connectivity index (χ1) is 18.4. The second-order valence-electron chi connectivity index (χ2n) is 8.71. The summed E-state index contributed by atoms with van der Waals surface area (Å²) in [4.78, 5) is 45.8. The van der Waals surface area contributed by atoms with E-state index in [1.807, 2.05) is 24.0 Å². The Labute approximate surface area is 230 Å². The van der Waals surface area contributed by atoms with Crippen molar-refractivity contribution in [1.29, 1.82) is 0 Å². The zero-order chi connectivity index (χ0) is 27.1. The molecule has 0 aliphatic carbocycles. The number of carbonyl (C=O) groups is 2. The van der Waals surface area contributed by atoms with E-state index in [1.54, 1.807) is 36.5 Å². The van der Waals surface area contributed by atoms with Gasteiger partial charge in [-0.1, -0.05) is 36.2 Å². The lowest BCUT2D eigenvalue weighted by Crippen LogP contribution is -2.62. The second-order valence-corrected chi connectivity index (χ2v) is 9.50. The van der Waals surface area contributed by atoms with E-state index in [0.717, 1.165) is 12.0 Å². The van der Waals surface area contributed by atoms with Crippen molar-refractivity contribution < 1.29 is 14.3 Å². The topological polar surface area (TPSA) is 128 Å². The molecule has 3 aromatic rings. The van der Waals surface area contributed by atoms with Crippen molar-refractivity contribution >= 4 is 41.0 Å². The monoisotopic (exact) mass is 560 g/mol. The molecule has 1 fully saturated rings. The van der Waals surface area contributed by atoms with Crippen LogP contribution in [0.5, 0.6) is 5.75 Å². The van der Waals surface area contributed by atoms with Crippen molar-refractivity contribution in [3.63, 3.8) is 0 Å². The molecule has 202 valence electrons. The number of nitrogens with zero attached hydrogens (tertiary/aromatic N) is 5. The minimum Gasteiger partial charge on any atom is -0.495 e. The molecule has 13 heteroatoms. The molecule has 0 radical (unpaired) electrons. The van der Waals surface area contributed by atoms with E-state index in [1.165, 1.54) is 0 Å². The first-order valence-electron chi connectivity index (χ1n) is 12.3. The second kappa shape index (κ2) is 12.8. The van der Waals surface area contributed by atoms with Crippen LogP contribution < -0.4 is 20.3 Å². The maximum absolute atomic E-state index is 13.4. The van der Waals surface area contributed by atoms with Crippen molar-refractivity contribution in [2.24, 2.45) is 0 Å². The Bertz CT molecular complexity index is 1260. The number of hydrogen-bond acceptors (Lipinski definition) is 7. The van der Waals surface area contributed by atoms with Crippen LogP contribution in [0.1, 0.15) is 18.9 Å². The summed E-state index contributed by atoms with van der Waals surface area (Å²) >= 11 is 12.5. The molecule has 1 saturated heterocycles. The first-order valence-corrected chi connectivity index (χ1v) is 13.1. The van der Waals surface area contributed by atoms with Gasteiger partial charge in [0.05, 0.1) is 12.1 Å². The SMILES string of the molecule is CCCNC(=O)N1CCN(c2cc(Cl)nc(-c3ncc[nH]3)n2)CC1C(=O)NCCc1ccc(OC)c(Cl)c1. The van der Waals surface area contributed by atoms with Crippen LogP contribution in [0, 0.1) is 0 Å². The fourth-order valence-corrected chi connectivity index (χ4v) is 4.62. The highest BCUT2D eigenvalue weighted by Gasteiger charge is 2.36. The Balaban J connectivity index is 1.48. The predicted molar refractivity (Wildman–Crippen MR) is 146 cm³/mol. The third-order valence-corrected chi connectivity index (χ3v) is 6.60. The molecule has 4 rings (SSSR count). The van der Waals surface area contributed by atoms with E-state index < -0.39 is 6.04 Å². The number of piperazine rings is 1. The molecule has 3 heterocycles. The summed E-state index contributed by atoms with van der Waals surface area (Å²) in [7, 11) is 1.56. The Hall–Kier alpha value is -3.57. The number of imidazole rings is 1. The minimum atomic E-state index is -0.735. The summed E-state index contributed by atoms with van der Waals surface area (Å²) in [5.41, 5.74) is 0.958. The molecule has 2 aromatic heterocycles. The number of hydrogen-bond donors (Lipinski definition) is 3. The molecule has 3 N–H and O–H groups in total. The molecule has 1 unspecified atom stereocenters. The van der Waals surface area contributed by atoms with Crippen molar-refractivity contribution in [2.75, 3.05) is 44.7 Å². The van der Waals surface area contributed by atoms with Gasteiger partial charge in [0, 0.05) is 51.2 Å². The number of rotatable bonds is 9. The van der Waals surface area contributed by atoms with Crippen LogP contribution in [-0.4, -0.2) is 82.6 Å². The van der Waals surface area contributed by atoms with Crippen molar-refractivity contribution in [3.8, 4) is 17.4 Å². The summed E-state index contributed by atoms with van der Waals surface area (Å²) in [5, 5.41) is 6.61. The molecule has 0 saturated carbocycles. The molecule has 11 nitrogen and oxygen atoms in total. The van der Waals surface area contributed by atoms with Gasteiger partial charge in [0.15, 0.2) is 11.6 Å². The quantitative estimate of drug-likeness (QED) is 0.343. The summed E-state index contributed by atoms with van der Waals surface area (Å²) in [5.74, 6) is 1.72. The van der Waals surface area contributed by atoms with Crippen molar-refractivity contribution in [2.45, 2.75) is 25.8 Å². The summed E-state index contributed by atoms with van der Waals surface area (Å²) in [6.45, 7) is 3.93. The molecular weight excluding hydrogens is 531 g/mol. The molecule has 1 aromatic carbocycles. The lowest BCUT2D eigenvalue weighted by Gasteiger charge is -2.41. The number of ether oxygens (including phenoxy) is 1. The van der Waals surface area contributed by atoms with Crippen LogP contribution in [0.15, 0.2) is 36.7 Å². The van der Waals surface area contributed by atoms with Gasteiger partial charge in [-0.3, -0.25) is 4.79 Å². The number of anilines is 1. The summed E-state index contributed by atoms with van der Waals surface area (Å²) in [6, 6.07) is 6.14. The van der Waals surface area contributed by atoms with Crippen LogP contribution in [0.25, 0.3) is 11.6 Å². The Morgan fingerprint density at radius 2 is 2.00 bits per heavy atom. The number of amides is 3. The molecule has 38 heavy (non-hydrogen) atoms. The van der Waals surface area contributed by atoms with Crippen LogP contribution in [-0.2, 0) is 11.2 Å². The summed E-state index contributed by atoms with van der Waals surface area (Å²) < 4.78 is 5.19. The number of aromatic nitrogens is 4. The lowest BCUT2D eigenvalue weighted by atomic mass is 10.1. The smallest absolute Gasteiger partial charge is 0.318 e. The van der Waals surface area contributed by atoms with Crippen LogP contribution in [0.2, 0.25) is 10.2 Å². The molecule has 1 atom stereocenters. The number of methoxy groups -OCH3 is 1. The highest BCUT2D eigenvalue weighted by Crippen LogP contribution is 2.25. The number of halogens is 2. The number of carbonyl (C=O) groups excluding carboxylic acids is 2. The van der Waals surface area contributed by atoms with Gasteiger partial charge in [-0.2, -0.15) is 0 Å². The van der Waals surface area contributed by atoms with E-state index in [-0.39, 0.29) is 23.6 Å². The number of nitrogens with one attached hydrogen (secondary N) is 3. The van der Waals surface area contributed by atoms with E-state index in [0.29, 0.717) is 60.8 Å². The highest BCUT2D eigenvalue weighted by molar-refractivity contribution is 6.32. The third kappa shape index (κ3) is 6.65. The van der Waals surface area contributed by atoms with Crippen molar-refractivity contribution in [1.82, 2.24) is 35.5 Å². The maximum Gasteiger partial charge on any atom is 0.318 e. The normalized spacial score (nSPS) is 15.3. The average molecular weight is 561 g/mol. The van der Waals surface area contributed by atoms with Crippen LogP contribution in [0.3, 0.4) is 0 Å². The predicted octanol–water partition coefficient (Wildman–Crippen LogP) is 3.15. The van der Waals surface area contributed by atoms with E-state index in [4.69, 9.17) is 27.9 Å². The standard InChI is InChI=1S/C25H30Cl2N8O3/c1-3-7-31-25(37)35-12-11-34(21-14-20(27)32-23(33-21)22-28-9-10-29-22)15-18(35)24(36)30-8-6-16-4-5-19(38-2)17(26)13-16/h4-5,9-10,13-14,18H,3,6-8,11-12,15H2,1-2H3,(H,28,29)(H,30,36)(H,31,37). The fraction of sp³-hybridized carbons (Fsp3) is 0.400. The van der Waals surface area contributed by atoms with Crippen molar-refractivity contribution in [3.05, 3.63) is 52.4 Å². The molecule has 0 bridgehead atoms. The van der Waals surface area contributed by atoms with Gasteiger partial charge in [0.1, 0.15) is 22.8 Å². The fourth-order valence-electron chi connectivity index (χ4n) is 4.17. The average Bonchev–Trinajstić information content (AvgIpc) is 3.46. The molecule has 1 aliphatic heterocycles. The van der Waals surface area contributed by atoms with Gasteiger partial charge < -0.3 is 30.2 Å². The molecule has 1 aliphatic rings. The number of aromatic amines is 1. The first kappa shape index (κ1) is 27.5. The van der Waals surface area contributed by atoms with Gasteiger partial charge in [0.2, 0.25) is 5.91 Å². The number of H-pyrrole nitrogens is 1. The van der Waals surface area contributed by atoms with Gasteiger partial charge in [0.25, 0.3) is 0 Å². The zero-order valence-electron chi connectivity index (χ0n) is 21.2. The van der Waals surface area contributed by atoms with Gasteiger partial charge in [-0.15, -0.1) is 0 Å². The van der Waals surface area contributed by atoms with Crippen LogP contribution in [0.4, 0.5) is 10.6 Å². The minimum absolute atomic E-state index is 0.241. The Morgan fingerprint density at radius 3 is 2.71 bits per heavy atom. The Kier molecular flexibility index (Phi) is 9.24. The summed E-state index contributed by atoms with van der Waals surface area (Å²) in [6.07, 6.45) is 4.64. The van der Waals surface area contributed by atoms with Gasteiger partial charge in [-0.05, 0) is 30.5 Å². The molecular formula is C25H30Cl2N8O3. The maximum atomic E-state index is 13.4. The van der Waals surface area contributed by atoms with Gasteiger partial charge >= 0.3 is 6.03 Å². The lowest BCUT2D eigenvalue weighted by molar-refractivity contribution is -0.125. The molecule has 0 spiro atoms. The van der Waals surface area contributed by atoms with Crippen LogP contribution >= 0.6 is 23.2 Å². The number of urea groups is 1. The van der Waals surface area contributed by atoms with E-state index in [2.05, 4.69) is 30.6 Å². The van der Waals surface area contributed by atoms with E-state index in [9.17, 15) is 9.59 Å². The number of benzene rings is 1. The highest BCUT2D eigenvalue weighted by atomic mass is 35.5. The van der Waals surface area contributed by atoms with E-state index >= 15 is 0 Å². The largest absolute Gasteiger partial charge is 0.495 e.